The zero-order valence-corrected chi connectivity index (χ0v) is 17.8. The Kier molecular flexibility index (Phi) is 5.59. The lowest BCUT2D eigenvalue weighted by atomic mass is 9.93. The summed E-state index contributed by atoms with van der Waals surface area (Å²) >= 11 is 0. The number of hydrogen-bond acceptors (Lipinski definition) is 6. The smallest absolute Gasteiger partial charge is 0.251 e. The Balaban J connectivity index is 1.39. The number of carbonyl (C=O) groups is 1. The molecule has 2 unspecified atom stereocenters. The second-order valence-corrected chi connectivity index (χ2v) is 8.47. The highest BCUT2D eigenvalue weighted by Crippen LogP contribution is 2.29. The van der Waals surface area contributed by atoms with Gasteiger partial charge in [0.15, 0.2) is 5.65 Å². The summed E-state index contributed by atoms with van der Waals surface area (Å²) in [6.07, 6.45) is 9.02. The van der Waals surface area contributed by atoms with Crippen LogP contribution in [0.1, 0.15) is 42.9 Å². The number of aromatic nitrogens is 4. The molecule has 2 atom stereocenters. The van der Waals surface area contributed by atoms with E-state index >= 15 is 0 Å². The molecule has 0 saturated carbocycles. The molecule has 0 bridgehead atoms. The highest BCUT2D eigenvalue weighted by atomic mass is 16.5. The predicted octanol–water partition coefficient (Wildman–Crippen LogP) is 0.880. The molecule has 2 aliphatic rings. The molecule has 0 radical (unpaired) electrons. The third-order valence-electron chi connectivity index (χ3n) is 6.22. The molecule has 5 heterocycles. The van der Waals surface area contributed by atoms with Crippen LogP contribution in [-0.4, -0.2) is 64.0 Å². The monoisotopic (exact) mass is 418 g/mol. The largest absolute Gasteiger partial charge is 0.368 e. The fourth-order valence-corrected chi connectivity index (χ4v) is 4.52. The van der Waals surface area contributed by atoms with Crippen molar-refractivity contribution in [3.05, 3.63) is 48.0 Å². The van der Waals surface area contributed by atoms with Crippen LogP contribution in [0.4, 0.5) is 5.82 Å². The molecule has 8 nitrogen and oxygen atoms in total. The van der Waals surface area contributed by atoms with Gasteiger partial charge in [0.2, 0.25) is 0 Å². The van der Waals surface area contributed by atoms with Crippen molar-refractivity contribution >= 4 is 30.7 Å². The van der Waals surface area contributed by atoms with E-state index in [0.29, 0.717) is 19.7 Å². The molecule has 1 amide bonds. The molecule has 0 spiro atoms. The van der Waals surface area contributed by atoms with Gasteiger partial charge in [-0.25, -0.2) is 4.98 Å². The van der Waals surface area contributed by atoms with E-state index in [1.807, 2.05) is 41.8 Å². The average Bonchev–Trinajstić information content (AvgIpc) is 3.48. The zero-order valence-electron chi connectivity index (χ0n) is 17.8. The maximum atomic E-state index is 12.9. The first-order valence-electron chi connectivity index (χ1n) is 11.1. The second-order valence-electron chi connectivity index (χ2n) is 8.47. The van der Waals surface area contributed by atoms with Crippen LogP contribution in [0, 0.1) is 0 Å². The topological polar surface area (TPSA) is 84.7 Å². The molecular weight excluding hydrogens is 391 g/mol. The SMILES string of the molecule is Bc1cnn2c(NCc3cccnc3)cc(C3CCCN(C(=O)C4CCCO4)C3)nc12. The van der Waals surface area contributed by atoms with Crippen LogP contribution < -0.4 is 10.8 Å². The van der Waals surface area contributed by atoms with Crippen LogP contribution >= 0.6 is 0 Å². The van der Waals surface area contributed by atoms with Gasteiger partial charge in [-0.2, -0.15) is 9.61 Å². The Bertz CT molecular complexity index is 1070. The molecule has 3 aromatic heterocycles. The van der Waals surface area contributed by atoms with Gasteiger partial charge in [0.05, 0.1) is 5.69 Å². The van der Waals surface area contributed by atoms with E-state index < -0.39 is 0 Å². The van der Waals surface area contributed by atoms with Gasteiger partial charge in [0.1, 0.15) is 19.8 Å². The molecule has 2 fully saturated rings. The molecule has 5 rings (SSSR count). The lowest BCUT2D eigenvalue weighted by Gasteiger charge is -2.34. The number of fused-ring (bicyclic) bond motifs is 1. The van der Waals surface area contributed by atoms with E-state index in [2.05, 4.69) is 21.5 Å². The molecule has 3 aromatic rings. The van der Waals surface area contributed by atoms with E-state index in [1.54, 1.807) is 6.20 Å². The van der Waals surface area contributed by atoms with Gasteiger partial charge < -0.3 is 15.0 Å². The molecule has 2 aliphatic heterocycles. The van der Waals surface area contributed by atoms with E-state index in [-0.39, 0.29) is 17.9 Å². The summed E-state index contributed by atoms with van der Waals surface area (Å²) in [5, 5.41) is 8.00. The molecule has 31 heavy (non-hydrogen) atoms. The Hall–Kier alpha value is -2.94. The van der Waals surface area contributed by atoms with Gasteiger partial charge >= 0.3 is 0 Å². The van der Waals surface area contributed by atoms with Crippen molar-refractivity contribution in [1.29, 1.82) is 0 Å². The molecular formula is C22H27BN6O2. The summed E-state index contributed by atoms with van der Waals surface area (Å²) in [6, 6.07) is 6.06. The number of amides is 1. The van der Waals surface area contributed by atoms with Crippen LogP contribution in [0.2, 0.25) is 0 Å². The normalized spacial score (nSPS) is 21.5. The van der Waals surface area contributed by atoms with E-state index in [9.17, 15) is 4.79 Å². The lowest BCUT2D eigenvalue weighted by Crippen LogP contribution is -2.44. The minimum absolute atomic E-state index is 0.138. The number of piperidine rings is 1. The highest BCUT2D eigenvalue weighted by Gasteiger charge is 2.32. The van der Waals surface area contributed by atoms with Crippen LogP contribution in [-0.2, 0) is 16.1 Å². The number of nitrogens with zero attached hydrogens (tertiary/aromatic N) is 5. The van der Waals surface area contributed by atoms with Crippen molar-refractivity contribution in [1.82, 2.24) is 24.5 Å². The molecule has 160 valence electrons. The van der Waals surface area contributed by atoms with Gasteiger partial charge in [-0.15, -0.1) is 0 Å². The Morgan fingerprint density at radius 2 is 2.23 bits per heavy atom. The van der Waals surface area contributed by atoms with Crippen molar-refractivity contribution in [2.75, 3.05) is 25.0 Å². The van der Waals surface area contributed by atoms with Crippen LogP contribution in [0.15, 0.2) is 36.8 Å². The van der Waals surface area contributed by atoms with Crippen molar-refractivity contribution in [3.8, 4) is 0 Å². The number of anilines is 1. The first-order valence-corrected chi connectivity index (χ1v) is 11.1. The fraction of sp³-hybridized carbons (Fsp3) is 0.455. The van der Waals surface area contributed by atoms with Gasteiger partial charge in [-0.05, 0) is 42.8 Å². The molecule has 2 saturated heterocycles. The molecule has 9 heteroatoms. The second kappa shape index (κ2) is 8.67. The standard InChI is InChI=1S/C22H27BN6O2/c23-17-13-26-29-20(25-12-15-4-1-7-24-11-15)10-18(27-21(17)29)16-5-2-8-28(14-16)22(30)19-6-3-9-31-19/h1,4,7,10-11,13,16,19,25H,2-3,5-6,8-9,12,14,23H2. The summed E-state index contributed by atoms with van der Waals surface area (Å²) in [4.78, 5) is 24.0. The Labute approximate surface area is 182 Å². The van der Waals surface area contributed by atoms with Crippen molar-refractivity contribution in [3.63, 3.8) is 0 Å². The molecule has 0 aliphatic carbocycles. The first kappa shape index (κ1) is 20.0. The van der Waals surface area contributed by atoms with Crippen molar-refractivity contribution < 1.29 is 9.53 Å². The number of pyridine rings is 1. The van der Waals surface area contributed by atoms with Gasteiger partial charge in [0.25, 0.3) is 5.91 Å². The first-order chi connectivity index (χ1) is 15.2. The summed E-state index contributed by atoms with van der Waals surface area (Å²) in [7, 11) is 2.03. The highest BCUT2D eigenvalue weighted by molar-refractivity contribution is 6.36. The summed E-state index contributed by atoms with van der Waals surface area (Å²) in [6.45, 7) is 2.84. The number of carbonyl (C=O) groups excluding carboxylic acids is 1. The number of likely N-dealkylation sites (tertiary alicyclic amines) is 1. The third-order valence-corrected chi connectivity index (χ3v) is 6.22. The number of nitrogens with one attached hydrogen (secondary N) is 1. The maximum Gasteiger partial charge on any atom is 0.251 e. The Morgan fingerprint density at radius 3 is 3.03 bits per heavy atom. The zero-order chi connectivity index (χ0) is 21.2. The fourth-order valence-electron chi connectivity index (χ4n) is 4.52. The number of hydrogen-bond donors (Lipinski definition) is 1. The number of rotatable bonds is 5. The predicted molar refractivity (Wildman–Crippen MR) is 120 cm³/mol. The van der Waals surface area contributed by atoms with E-state index in [4.69, 9.17) is 9.72 Å². The minimum Gasteiger partial charge on any atom is -0.368 e. The summed E-state index contributed by atoms with van der Waals surface area (Å²) in [5.74, 6) is 1.25. The average molecular weight is 418 g/mol. The van der Waals surface area contributed by atoms with Crippen LogP contribution in [0.5, 0.6) is 0 Å². The van der Waals surface area contributed by atoms with Crippen LogP contribution in [0.3, 0.4) is 0 Å². The minimum atomic E-state index is -0.261. The lowest BCUT2D eigenvalue weighted by molar-refractivity contribution is -0.142. The maximum absolute atomic E-state index is 12.9. The summed E-state index contributed by atoms with van der Waals surface area (Å²) < 4.78 is 7.49. The molecule has 1 N–H and O–H groups in total. The van der Waals surface area contributed by atoms with Gasteiger partial charge in [-0.1, -0.05) is 6.07 Å². The third kappa shape index (κ3) is 4.14. The molecule has 0 aromatic carbocycles. The van der Waals surface area contributed by atoms with Crippen LogP contribution in [0.25, 0.3) is 5.65 Å². The Morgan fingerprint density at radius 1 is 1.29 bits per heavy atom. The van der Waals surface area contributed by atoms with Gasteiger partial charge in [0, 0.05) is 56.8 Å². The van der Waals surface area contributed by atoms with E-state index in [0.717, 1.165) is 60.4 Å². The van der Waals surface area contributed by atoms with E-state index in [1.165, 1.54) is 0 Å². The quantitative estimate of drug-likeness (QED) is 0.620. The number of ether oxygens (including phenoxy) is 1. The van der Waals surface area contributed by atoms with Gasteiger partial charge in [-0.3, -0.25) is 9.78 Å². The van der Waals surface area contributed by atoms with Crippen molar-refractivity contribution in [2.45, 2.75) is 44.2 Å². The van der Waals surface area contributed by atoms with Crippen molar-refractivity contribution in [2.24, 2.45) is 0 Å². The summed E-state index contributed by atoms with van der Waals surface area (Å²) in [5.41, 5.74) is 4.00.